The van der Waals surface area contributed by atoms with Gasteiger partial charge in [-0.15, -0.1) is 0 Å². The Kier molecular flexibility index (Phi) is 4.91. The zero-order chi connectivity index (χ0) is 14.5. The Morgan fingerprint density at radius 2 is 1.86 bits per heavy atom. The summed E-state index contributed by atoms with van der Waals surface area (Å²) in [6, 6.07) is 18.1. The summed E-state index contributed by atoms with van der Waals surface area (Å²) in [7, 11) is 0. The number of ether oxygens (including phenoxy) is 2. The molecule has 1 aliphatic rings. The first-order valence-corrected chi connectivity index (χ1v) is 7.92. The second-order valence-electron chi connectivity index (χ2n) is 4.99. The minimum Gasteiger partial charge on any atom is -0.482 e. The molecule has 1 heterocycles. The van der Waals surface area contributed by atoms with Crippen LogP contribution in [-0.4, -0.2) is 25.8 Å². The maximum Gasteiger partial charge on any atom is 0.151 e. The second-order valence-corrected chi connectivity index (χ2v) is 5.85. The van der Waals surface area contributed by atoms with E-state index in [0.717, 1.165) is 28.9 Å². The molecule has 2 aromatic carbocycles. The van der Waals surface area contributed by atoms with Crippen molar-refractivity contribution in [1.82, 2.24) is 5.32 Å². The van der Waals surface area contributed by atoms with E-state index in [1.165, 1.54) is 0 Å². The molecule has 3 rings (SSSR count). The van der Waals surface area contributed by atoms with Crippen molar-refractivity contribution in [3.8, 4) is 5.75 Å². The van der Waals surface area contributed by atoms with Crippen molar-refractivity contribution in [3.05, 3.63) is 64.6 Å². The van der Waals surface area contributed by atoms with Gasteiger partial charge in [0.15, 0.2) is 6.10 Å². The van der Waals surface area contributed by atoms with E-state index in [2.05, 4.69) is 33.4 Å². The van der Waals surface area contributed by atoms with Crippen molar-refractivity contribution in [3.63, 3.8) is 0 Å². The van der Waals surface area contributed by atoms with Crippen LogP contribution in [0.4, 0.5) is 0 Å². The monoisotopic (exact) mass is 347 g/mol. The number of rotatable bonds is 4. The Balaban J connectivity index is 1.87. The third-order valence-corrected chi connectivity index (χ3v) is 4.17. The van der Waals surface area contributed by atoms with E-state index in [0.29, 0.717) is 6.61 Å². The van der Waals surface area contributed by atoms with Gasteiger partial charge in [-0.25, -0.2) is 0 Å². The molecule has 2 atom stereocenters. The molecule has 1 aliphatic heterocycles. The Labute approximate surface area is 133 Å². The van der Waals surface area contributed by atoms with Crippen LogP contribution in [0.2, 0.25) is 0 Å². The van der Waals surface area contributed by atoms with Crippen molar-refractivity contribution in [2.75, 3.05) is 19.7 Å². The highest BCUT2D eigenvalue weighted by Gasteiger charge is 2.28. The van der Waals surface area contributed by atoms with E-state index in [1.54, 1.807) is 0 Å². The zero-order valence-electron chi connectivity index (χ0n) is 11.7. The van der Waals surface area contributed by atoms with E-state index in [9.17, 15) is 0 Å². The molecule has 0 aliphatic carbocycles. The van der Waals surface area contributed by atoms with Crippen LogP contribution in [0.25, 0.3) is 0 Å². The highest BCUT2D eigenvalue weighted by molar-refractivity contribution is 9.10. The molecule has 0 aromatic heterocycles. The Morgan fingerprint density at radius 1 is 1.10 bits per heavy atom. The van der Waals surface area contributed by atoms with Crippen LogP contribution in [0.15, 0.2) is 59.1 Å². The Bertz CT molecular complexity index is 570. The van der Waals surface area contributed by atoms with Gasteiger partial charge in [-0.2, -0.15) is 0 Å². The fraction of sp³-hybridized carbons (Fsp3) is 0.294. The molecule has 0 spiro atoms. The van der Waals surface area contributed by atoms with Gasteiger partial charge in [-0.1, -0.05) is 42.5 Å². The topological polar surface area (TPSA) is 30.5 Å². The number of halogens is 1. The molecule has 0 bridgehead atoms. The van der Waals surface area contributed by atoms with Gasteiger partial charge in [-0.05, 0) is 33.6 Å². The summed E-state index contributed by atoms with van der Waals surface area (Å²) in [5.74, 6) is 0.834. The summed E-state index contributed by atoms with van der Waals surface area (Å²) in [4.78, 5) is 0. The number of morpholine rings is 1. The molecule has 0 amide bonds. The summed E-state index contributed by atoms with van der Waals surface area (Å²) in [5, 5.41) is 3.37. The molecule has 4 heteroatoms. The predicted molar refractivity (Wildman–Crippen MR) is 86.6 cm³/mol. The average Bonchev–Trinajstić information content (AvgIpc) is 2.56. The van der Waals surface area contributed by atoms with Gasteiger partial charge >= 0.3 is 0 Å². The van der Waals surface area contributed by atoms with Gasteiger partial charge in [0.25, 0.3) is 0 Å². The summed E-state index contributed by atoms with van der Waals surface area (Å²) < 4.78 is 13.1. The molecule has 0 saturated carbocycles. The molecule has 1 fully saturated rings. The van der Waals surface area contributed by atoms with Crippen LogP contribution in [0, 0.1) is 0 Å². The predicted octanol–water partition coefficient (Wildman–Crippen LogP) is 3.56. The smallest absolute Gasteiger partial charge is 0.151 e. The fourth-order valence-corrected chi connectivity index (χ4v) is 2.84. The molecule has 2 aromatic rings. The molecule has 3 nitrogen and oxygen atoms in total. The van der Waals surface area contributed by atoms with Gasteiger partial charge in [0, 0.05) is 13.1 Å². The largest absolute Gasteiger partial charge is 0.482 e. The summed E-state index contributed by atoms with van der Waals surface area (Å²) in [6.45, 7) is 2.41. The van der Waals surface area contributed by atoms with E-state index >= 15 is 0 Å². The Morgan fingerprint density at radius 3 is 2.57 bits per heavy atom. The third kappa shape index (κ3) is 3.64. The minimum atomic E-state index is -0.127. The minimum absolute atomic E-state index is 0.00764. The number of hydrogen-bond acceptors (Lipinski definition) is 3. The number of hydrogen-bond donors (Lipinski definition) is 1. The van der Waals surface area contributed by atoms with E-state index in [1.807, 2.05) is 42.5 Å². The normalized spacial score (nSPS) is 20.0. The lowest BCUT2D eigenvalue weighted by molar-refractivity contribution is -0.0434. The summed E-state index contributed by atoms with van der Waals surface area (Å²) in [5.41, 5.74) is 1.13. The van der Waals surface area contributed by atoms with Crippen LogP contribution in [0.1, 0.15) is 11.7 Å². The zero-order valence-corrected chi connectivity index (χ0v) is 13.3. The molecule has 110 valence electrons. The van der Waals surface area contributed by atoms with E-state index in [4.69, 9.17) is 9.47 Å². The van der Waals surface area contributed by atoms with Gasteiger partial charge < -0.3 is 14.8 Å². The lowest BCUT2D eigenvalue weighted by Gasteiger charge is -2.31. The lowest BCUT2D eigenvalue weighted by atomic mass is 10.0. The number of nitrogens with one attached hydrogen (secondary N) is 1. The molecule has 1 N–H and O–H groups in total. The van der Waals surface area contributed by atoms with Crippen molar-refractivity contribution in [2.45, 2.75) is 12.2 Å². The van der Waals surface area contributed by atoms with Gasteiger partial charge in [0.1, 0.15) is 11.9 Å². The van der Waals surface area contributed by atoms with E-state index < -0.39 is 0 Å². The fourth-order valence-electron chi connectivity index (χ4n) is 2.46. The molecular formula is C17H18BrNO2. The molecular weight excluding hydrogens is 330 g/mol. The number of para-hydroxylation sites is 1. The Hall–Kier alpha value is -1.36. The highest BCUT2D eigenvalue weighted by Crippen LogP contribution is 2.31. The average molecular weight is 348 g/mol. The standard InChI is InChI=1S/C17H18BrNO2/c18-14-8-4-5-9-15(14)21-17(13-6-2-1-3-7-13)16-12-19-10-11-20-16/h1-9,16-17,19H,10-12H2/t16?,17-/m0/s1. The molecule has 1 unspecified atom stereocenters. The summed E-state index contributed by atoms with van der Waals surface area (Å²) in [6.07, 6.45) is -0.119. The van der Waals surface area contributed by atoms with Gasteiger partial charge in [-0.3, -0.25) is 0 Å². The van der Waals surface area contributed by atoms with Crippen molar-refractivity contribution >= 4 is 15.9 Å². The third-order valence-electron chi connectivity index (χ3n) is 3.51. The van der Waals surface area contributed by atoms with Crippen LogP contribution >= 0.6 is 15.9 Å². The van der Waals surface area contributed by atoms with Crippen LogP contribution < -0.4 is 10.1 Å². The molecule has 1 saturated heterocycles. The lowest BCUT2D eigenvalue weighted by Crippen LogP contribution is -2.43. The maximum atomic E-state index is 6.26. The number of benzene rings is 2. The highest BCUT2D eigenvalue weighted by atomic mass is 79.9. The second kappa shape index (κ2) is 7.07. The quantitative estimate of drug-likeness (QED) is 0.917. The molecule has 21 heavy (non-hydrogen) atoms. The first kappa shape index (κ1) is 14.6. The summed E-state index contributed by atoms with van der Waals surface area (Å²) >= 11 is 3.54. The SMILES string of the molecule is Brc1ccccc1O[C@@H](c1ccccc1)C1CNCCO1. The van der Waals surface area contributed by atoms with Crippen LogP contribution in [0.5, 0.6) is 5.75 Å². The van der Waals surface area contributed by atoms with Crippen molar-refractivity contribution < 1.29 is 9.47 Å². The van der Waals surface area contributed by atoms with Gasteiger partial charge in [0.05, 0.1) is 11.1 Å². The van der Waals surface area contributed by atoms with Crippen molar-refractivity contribution in [2.24, 2.45) is 0 Å². The molecule has 0 radical (unpaired) electrons. The maximum absolute atomic E-state index is 6.26. The van der Waals surface area contributed by atoms with Gasteiger partial charge in [0.2, 0.25) is 0 Å². The van der Waals surface area contributed by atoms with Crippen molar-refractivity contribution in [1.29, 1.82) is 0 Å². The van der Waals surface area contributed by atoms with E-state index in [-0.39, 0.29) is 12.2 Å². The first-order chi connectivity index (χ1) is 10.3. The van der Waals surface area contributed by atoms with Crippen LogP contribution in [-0.2, 0) is 4.74 Å². The van der Waals surface area contributed by atoms with Crippen LogP contribution in [0.3, 0.4) is 0 Å². The first-order valence-electron chi connectivity index (χ1n) is 7.13.